The Bertz CT molecular complexity index is 788. The number of anilines is 1. The van der Waals surface area contributed by atoms with Crippen molar-refractivity contribution in [1.82, 2.24) is 9.61 Å². The largest absolute Gasteiger partial charge is 0.493 e. The number of hydrogen-bond acceptors (Lipinski definition) is 3. The summed E-state index contributed by atoms with van der Waals surface area (Å²) in [5.74, 6) is 0.732. The number of aromatic nitrogens is 2. The first-order valence-electron chi connectivity index (χ1n) is 6.37. The molecule has 0 aliphatic heterocycles. The summed E-state index contributed by atoms with van der Waals surface area (Å²) in [5.41, 5.74) is 3.02. The number of nitrogens with one attached hydrogen (secondary N) is 1. The molecule has 1 aromatic carbocycles. The molecule has 6 heteroatoms. The van der Waals surface area contributed by atoms with Crippen LogP contribution in [-0.2, 0) is 6.54 Å². The summed E-state index contributed by atoms with van der Waals surface area (Å²) in [6.07, 6.45) is 3.78. The molecule has 1 N–H and O–H groups in total. The third-order valence-corrected chi connectivity index (χ3v) is 4.00. The van der Waals surface area contributed by atoms with Crippen LogP contribution in [-0.4, -0.2) is 16.7 Å². The van der Waals surface area contributed by atoms with E-state index in [4.69, 9.17) is 16.3 Å². The van der Waals surface area contributed by atoms with E-state index in [-0.39, 0.29) is 0 Å². The van der Waals surface area contributed by atoms with Crippen molar-refractivity contribution in [2.24, 2.45) is 0 Å². The Kier molecular flexibility index (Phi) is 4.03. The second-order valence-electron chi connectivity index (χ2n) is 4.52. The molecule has 0 fully saturated rings. The lowest BCUT2D eigenvalue weighted by Gasteiger charge is -2.13. The third-order valence-electron chi connectivity index (χ3n) is 3.19. The average molecular weight is 367 g/mol. The van der Waals surface area contributed by atoms with Crippen molar-refractivity contribution in [1.29, 1.82) is 0 Å². The van der Waals surface area contributed by atoms with Crippen LogP contribution in [0.1, 0.15) is 5.56 Å². The van der Waals surface area contributed by atoms with E-state index < -0.39 is 0 Å². The van der Waals surface area contributed by atoms with Crippen LogP contribution in [0.2, 0.25) is 5.02 Å². The van der Waals surface area contributed by atoms with Gasteiger partial charge in [0.1, 0.15) is 0 Å². The van der Waals surface area contributed by atoms with Crippen LogP contribution in [0.15, 0.2) is 47.2 Å². The lowest BCUT2D eigenvalue weighted by molar-refractivity contribution is 0.414. The number of hydrogen-bond donors (Lipinski definition) is 1. The predicted molar refractivity (Wildman–Crippen MR) is 88.2 cm³/mol. The summed E-state index contributed by atoms with van der Waals surface area (Å²) < 4.78 is 8.07. The van der Waals surface area contributed by atoms with Crippen molar-refractivity contribution in [3.05, 3.63) is 57.8 Å². The summed E-state index contributed by atoms with van der Waals surface area (Å²) in [6, 6.07) is 9.64. The lowest BCUT2D eigenvalue weighted by atomic mass is 10.2. The average Bonchev–Trinajstić information content (AvgIpc) is 2.88. The lowest BCUT2D eigenvalue weighted by Crippen LogP contribution is -2.01. The van der Waals surface area contributed by atoms with Crippen LogP contribution in [0.3, 0.4) is 0 Å². The zero-order valence-corrected chi connectivity index (χ0v) is 13.6. The van der Waals surface area contributed by atoms with Gasteiger partial charge < -0.3 is 10.1 Å². The molecule has 0 radical (unpaired) electrons. The number of pyridine rings is 1. The molecule has 0 saturated carbocycles. The number of benzene rings is 1. The first kappa shape index (κ1) is 14.2. The SMILES string of the molecule is COc1c(Br)cc(Cl)cc1NCc1cnn2ccccc12. The molecule has 3 rings (SSSR count). The Balaban J connectivity index is 1.88. The van der Waals surface area contributed by atoms with Gasteiger partial charge in [-0.1, -0.05) is 17.7 Å². The topological polar surface area (TPSA) is 38.6 Å². The Morgan fingerprint density at radius 3 is 3.05 bits per heavy atom. The fraction of sp³-hybridized carbons (Fsp3) is 0.133. The van der Waals surface area contributed by atoms with Crippen molar-refractivity contribution < 1.29 is 4.74 Å². The number of ether oxygens (including phenoxy) is 1. The zero-order valence-electron chi connectivity index (χ0n) is 11.3. The van der Waals surface area contributed by atoms with Gasteiger partial charge in [-0.25, -0.2) is 4.52 Å². The van der Waals surface area contributed by atoms with Crippen LogP contribution >= 0.6 is 27.5 Å². The highest BCUT2D eigenvalue weighted by Gasteiger charge is 2.10. The normalized spacial score (nSPS) is 10.8. The molecule has 4 nitrogen and oxygen atoms in total. The minimum atomic E-state index is 0.636. The van der Waals surface area contributed by atoms with E-state index >= 15 is 0 Å². The number of fused-ring (bicyclic) bond motifs is 1. The molecule has 0 aliphatic rings. The second-order valence-corrected chi connectivity index (χ2v) is 5.81. The molecule has 2 aromatic heterocycles. The molecule has 21 heavy (non-hydrogen) atoms. The molecule has 0 atom stereocenters. The molecule has 0 amide bonds. The van der Waals surface area contributed by atoms with Gasteiger partial charge in [-0.3, -0.25) is 0 Å². The molecule has 0 saturated heterocycles. The predicted octanol–water partition coefficient (Wildman–Crippen LogP) is 4.37. The molecular weight excluding hydrogens is 354 g/mol. The monoisotopic (exact) mass is 365 g/mol. The maximum absolute atomic E-state index is 6.09. The molecule has 0 aliphatic carbocycles. The Labute approximate surface area is 135 Å². The van der Waals surface area contributed by atoms with E-state index in [0.717, 1.165) is 27.0 Å². The zero-order chi connectivity index (χ0) is 14.8. The van der Waals surface area contributed by atoms with E-state index in [2.05, 4.69) is 26.3 Å². The highest BCUT2D eigenvalue weighted by Crippen LogP contribution is 2.36. The maximum atomic E-state index is 6.09. The smallest absolute Gasteiger partial charge is 0.156 e. The molecule has 3 aromatic rings. The summed E-state index contributed by atoms with van der Waals surface area (Å²) in [7, 11) is 1.63. The summed E-state index contributed by atoms with van der Waals surface area (Å²) in [5, 5.41) is 8.31. The number of methoxy groups -OCH3 is 1. The van der Waals surface area contributed by atoms with Gasteiger partial charge in [-0.2, -0.15) is 5.10 Å². The first-order valence-corrected chi connectivity index (χ1v) is 7.54. The van der Waals surface area contributed by atoms with Gasteiger partial charge >= 0.3 is 0 Å². The molecule has 2 heterocycles. The summed E-state index contributed by atoms with van der Waals surface area (Å²) in [6.45, 7) is 0.636. The fourth-order valence-electron chi connectivity index (χ4n) is 2.21. The van der Waals surface area contributed by atoms with E-state index in [1.54, 1.807) is 13.2 Å². The minimum absolute atomic E-state index is 0.636. The quantitative estimate of drug-likeness (QED) is 0.745. The molecule has 0 spiro atoms. The van der Waals surface area contributed by atoms with Crippen molar-refractivity contribution in [2.45, 2.75) is 6.54 Å². The standard InChI is InChI=1S/C15H13BrClN3O/c1-21-15-12(16)6-11(17)7-13(15)18-8-10-9-19-20-5-3-2-4-14(10)20/h2-7,9,18H,8H2,1H3. The van der Waals surface area contributed by atoms with E-state index in [0.29, 0.717) is 11.6 Å². The van der Waals surface area contributed by atoms with Crippen LogP contribution in [0.5, 0.6) is 5.75 Å². The number of halogens is 2. The van der Waals surface area contributed by atoms with E-state index in [1.165, 1.54) is 0 Å². The molecular formula is C15H13BrClN3O. The van der Waals surface area contributed by atoms with Crippen molar-refractivity contribution in [3.8, 4) is 5.75 Å². The van der Waals surface area contributed by atoms with Crippen LogP contribution < -0.4 is 10.1 Å². The van der Waals surface area contributed by atoms with Gasteiger partial charge in [-0.05, 0) is 40.2 Å². The van der Waals surface area contributed by atoms with E-state index in [1.807, 2.05) is 41.2 Å². The molecule has 108 valence electrons. The van der Waals surface area contributed by atoms with Crippen molar-refractivity contribution in [3.63, 3.8) is 0 Å². The molecule has 0 unspecified atom stereocenters. The minimum Gasteiger partial charge on any atom is -0.493 e. The highest BCUT2D eigenvalue weighted by atomic mass is 79.9. The highest BCUT2D eigenvalue weighted by molar-refractivity contribution is 9.10. The first-order chi connectivity index (χ1) is 10.2. The maximum Gasteiger partial charge on any atom is 0.156 e. The van der Waals surface area contributed by atoms with E-state index in [9.17, 15) is 0 Å². The van der Waals surface area contributed by atoms with Gasteiger partial charge in [0.15, 0.2) is 5.75 Å². The van der Waals surface area contributed by atoms with Gasteiger partial charge in [0.2, 0.25) is 0 Å². The molecule has 0 bridgehead atoms. The third kappa shape index (κ3) is 2.84. The van der Waals surface area contributed by atoms with Gasteiger partial charge in [-0.15, -0.1) is 0 Å². The number of nitrogens with zero attached hydrogens (tertiary/aromatic N) is 2. The van der Waals surface area contributed by atoms with Crippen LogP contribution in [0.4, 0.5) is 5.69 Å². The van der Waals surface area contributed by atoms with Crippen molar-refractivity contribution in [2.75, 3.05) is 12.4 Å². The fourth-order valence-corrected chi connectivity index (χ4v) is 3.19. The van der Waals surface area contributed by atoms with Gasteiger partial charge in [0.05, 0.1) is 29.0 Å². The summed E-state index contributed by atoms with van der Waals surface area (Å²) in [4.78, 5) is 0. The van der Waals surface area contributed by atoms with Gasteiger partial charge in [0.25, 0.3) is 0 Å². The second kappa shape index (κ2) is 5.95. The Morgan fingerprint density at radius 1 is 1.38 bits per heavy atom. The Hall–Kier alpha value is -1.72. The van der Waals surface area contributed by atoms with Gasteiger partial charge in [0, 0.05) is 23.3 Å². The Morgan fingerprint density at radius 2 is 2.24 bits per heavy atom. The van der Waals surface area contributed by atoms with Crippen LogP contribution in [0.25, 0.3) is 5.52 Å². The summed E-state index contributed by atoms with van der Waals surface area (Å²) >= 11 is 9.54. The van der Waals surface area contributed by atoms with Crippen LogP contribution in [0, 0.1) is 0 Å². The number of rotatable bonds is 4. The van der Waals surface area contributed by atoms with Crippen molar-refractivity contribution >= 4 is 38.7 Å².